The number of rotatable bonds is 3. The van der Waals surface area contributed by atoms with Crippen molar-refractivity contribution < 1.29 is 14.7 Å². The zero-order valence-electron chi connectivity index (χ0n) is 10.0. The highest BCUT2D eigenvalue weighted by Gasteiger charge is 2.17. The van der Waals surface area contributed by atoms with Crippen LogP contribution in [0.15, 0.2) is 45.9 Å². The second-order valence-corrected chi connectivity index (χ2v) is 4.70. The molecule has 2 aromatic rings. The third-order valence-electron chi connectivity index (χ3n) is 2.55. The molecule has 6 nitrogen and oxygen atoms in total. The molecule has 1 aromatic heterocycles. The fourth-order valence-corrected chi connectivity index (χ4v) is 2.07. The van der Waals surface area contributed by atoms with E-state index >= 15 is 0 Å². The minimum absolute atomic E-state index is 0.0694. The molecule has 7 heteroatoms. The Hall–Kier alpha value is -2.41. The summed E-state index contributed by atoms with van der Waals surface area (Å²) in [4.78, 5) is 37.3. The quantitative estimate of drug-likeness (QED) is 0.798. The van der Waals surface area contributed by atoms with Crippen LogP contribution in [0.2, 0.25) is 0 Å². The lowest BCUT2D eigenvalue weighted by Crippen LogP contribution is -2.22. The predicted octanol–water partition coefficient (Wildman–Crippen LogP) is 2.09. The van der Waals surface area contributed by atoms with Crippen LogP contribution in [0.1, 0.15) is 20.7 Å². The van der Waals surface area contributed by atoms with Crippen molar-refractivity contribution in [3.05, 3.63) is 62.5 Å². The van der Waals surface area contributed by atoms with Crippen LogP contribution in [0.4, 0.5) is 5.69 Å². The van der Waals surface area contributed by atoms with Crippen molar-refractivity contribution >= 4 is 33.5 Å². The van der Waals surface area contributed by atoms with Crippen molar-refractivity contribution in [1.82, 2.24) is 4.98 Å². The monoisotopic (exact) mass is 336 g/mol. The Morgan fingerprint density at radius 2 is 1.95 bits per heavy atom. The normalized spacial score (nSPS) is 10.1. The summed E-state index contributed by atoms with van der Waals surface area (Å²) >= 11 is 3.17. The van der Waals surface area contributed by atoms with E-state index in [1.54, 1.807) is 12.1 Å². The summed E-state index contributed by atoms with van der Waals surface area (Å²) in [6.07, 6.45) is 2.66. The maximum atomic E-state index is 12.0. The van der Waals surface area contributed by atoms with Gasteiger partial charge in [0.2, 0.25) is 0 Å². The molecular weight excluding hydrogens is 328 g/mol. The number of halogens is 1. The fraction of sp³-hybridized carbons (Fsp3) is 0. The van der Waals surface area contributed by atoms with Crippen molar-refractivity contribution in [2.24, 2.45) is 0 Å². The van der Waals surface area contributed by atoms with Crippen molar-refractivity contribution in [3.63, 3.8) is 0 Å². The summed E-state index contributed by atoms with van der Waals surface area (Å²) < 4.78 is 0.415. The minimum atomic E-state index is -1.18. The highest BCUT2D eigenvalue weighted by atomic mass is 79.9. The maximum Gasteiger partial charge on any atom is 0.337 e. The summed E-state index contributed by atoms with van der Waals surface area (Å²) in [6, 6.07) is 5.71. The summed E-state index contributed by atoms with van der Waals surface area (Å²) in [7, 11) is 0. The number of para-hydroxylation sites is 1. The lowest BCUT2D eigenvalue weighted by Gasteiger charge is -2.10. The van der Waals surface area contributed by atoms with E-state index in [9.17, 15) is 14.4 Å². The number of carboxylic acid groups (broad SMARTS) is 1. The Morgan fingerprint density at radius 3 is 2.60 bits per heavy atom. The lowest BCUT2D eigenvalue weighted by molar-refractivity contribution is 0.0698. The number of amides is 1. The second-order valence-electron chi connectivity index (χ2n) is 3.84. The first kappa shape index (κ1) is 14.0. The molecule has 0 aliphatic rings. The van der Waals surface area contributed by atoms with E-state index in [-0.39, 0.29) is 16.8 Å². The number of benzene rings is 1. The number of anilines is 1. The van der Waals surface area contributed by atoms with Gasteiger partial charge in [-0.05, 0) is 28.1 Å². The molecule has 0 aliphatic carbocycles. The molecule has 1 amide bonds. The number of pyridine rings is 1. The molecule has 3 N–H and O–H groups in total. The van der Waals surface area contributed by atoms with Gasteiger partial charge in [-0.25, -0.2) is 4.79 Å². The molecule has 0 fully saturated rings. The highest BCUT2D eigenvalue weighted by molar-refractivity contribution is 9.10. The first-order chi connectivity index (χ1) is 9.50. The van der Waals surface area contributed by atoms with Crippen molar-refractivity contribution in [1.29, 1.82) is 0 Å². The molecule has 0 unspecified atom stereocenters. The zero-order chi connectivity index (χ0) is 14.7. The number of aromatic nitrogens is 1. The van der Waals surface area contributed by atoms with Crippen LogP contribution in [0.3, 0.4) is 0 Å². The van der Waals surface area contributed by atoms with Gasteiger partial charge in [-0.2, -0.15) is 0 Å². The number of aromatic carboxylic acids is 1. The van der Waals surface area contributed by atoms with E-state index in [1.165, 1.54) is 24.5 Å². The van der Waals surface area contributed by atoms with Crippen LogP contribution in [0.5, 0.6) is 0 Å². The molecule has 0 radical (unpaired) electrons. The fourth-order valence-electron chi connectivity index (χ4n) is 1.60. The van der Waals surface area contributed by atoms with Crippen LogP contribution in [-0.2, 0) is 0 Å². The Bertz CT molecular complexity index is 739. The number of carboxylic acids is 1. The molecule has 0 aliphatic heterocycles. The number of hydrogen-bond donors (Lipinski definition) is 3. The van der Waals surface area contributed by atoms with Crippen LogP contribution >= 0.6 is 15.9 Å². The summed E-state index contributed by atoms with van der Waals surface area (Å²) in [5, 5.41) is 11.5. The van der Waals surface area contributed by atoms with Gasteiger partial charge >= 0.3 is 5.97 Å². The van der Waals surface area contributed by atoms with Gasteiger partial charge in [0.1, 0.15) is 5.56 Å². The molecule has 2 rings (SSSR count). The van der Waals surface area contributed by atoms with E-state index in [1.807, 2.05) is 0 Å². The molecule has 0 atom stereocenters. The zero-order valence-corrected chi connectivity index (χ0v) is 11.6. The van der Waals surface area contributed by atoms with Crippen molar-refractivity contribution in [2.45, 2.75) is 0 Å². The van der Waals surface area contributed by atoms with Crippen LogP contribution in [0, 0.1) is 0 Å². The Morgan fingerprint density at radius 1 is 1.20 bits per heavy atom. The number of H-pyrrole nitrogens is 1. The van der Waals surface area contributed by atoms with E-state index in [0.29, 0.717) is 4.47 Å². The average molecular weight is 337 g/mol. The van der Waals surface area contributed by atoms with E-state index in [4.69, 9.17) is 5.11 Å². The number of aromatic amines is 1. The Labute approximate surface area is 121 Å². The van der Waals surface area contributed by atoms with Gasteiger partial charge in [-0.3, -0.25) is 9.59 Å². The standard InChI is InChI=1S/C13H9BrN2O4/c14-9-3-1-2-7(13(19)20)11(9)16-12(18)8-6-15-5-4-10(8)17/h1-6H,(H,15,17)(H,16,18)(H,19,20). The number of carbonyl (C=O) groups is 2. The molecule has 1 heterocycles. The first-order valence-corrected chi connectivity index (χ1v) is 6.30. The van der Waals surface area contributed by atoms with E-state index in [0.717, 1.165) is 0 Å². The number of carbonyl (C=O) groups excluding carboxylic acids is 1. The van der Waals surface area contributed by atoms with Gasteiger partial charge in [-0.15, -0.1) is 0 Å². The van der Waals surface area contributed by atoms with Crippen LogP contribution in [0.25, 0.3) is 0 Å². The highest BCUT2D eigenvalue weighted by Crippen LogP contribution is 2.26. The maximum absolute atomic E-state index is 12.0. The van der Waals surface area contributed by atoms with Gasteiger partial charge in [0.15, 0.2) is 5.43 Å². The average Bonchev–Trinajstić information content (AvgIpc) is 2.41. The third kappa shape index (κ3) is 2.77. The van der Waals surface area contributed by atoms with Gasteiger partial charge in [0.25, 0.3) is 5.91 Å². The first-order valence-electron chi connectivity index (χ1n) is 5.51. The number of nitrogens with one attached hydrogen (secondary N) is 2. The minimum Gasteiger partial charge on any atom is -0.478 e. The molecule has 20 heavy (non-hydrogen) atoms. The summed E-state index contributed by atoms with van der Waals surface area (Å²) in [5.41, 5.74) is -0.516. The predicted molar refractivity (Wildman–Crippen MR) is 76.1 cm³/mol. The van der Waals surface area contributed by atoms with E-state index < -0.39 is 17.3 Å². The molecule has 0 saturated carbocycles. The molecular formula is C13H9BrN2O4. The van der Waals surface area contributed by atoms with Gasteiger partial charge in [0, 0.05) is 22.9 Å². The van der Waals surface area contributed by atoms with Crippen molar-refractivity contribution in [3.8, 4) is 0 Å². The molecule has 102 valence electrons. The third-order valence-corrected chi connectivity index (χ3v) is 3.21. The number of hydrogen-bond acceptors (Lipinski definition) is 3. The molecule has 1 aromatic carbocycles. The lowest BCUT2D eigenvalue weighted by atomic mass is 10.1. The molecule has 0 spiro atoms. The Balaban J connectivity index is 2.41. The SMILES string of the molecule is O=C(O)c1cccc(Br)c1NC(=O)c1c[nH]ccc1=O. The molecule has 0 saturated heterocycles. The Kier molecular flexibility index (Phi) is 3.99. The van der Waals surface area contributed by atoms with Crippen molar-refractivity contribution in [2.75, 3.05) is 5.32 Å². The van der Waals surface area contributed by atoms with Gasteiger partial charge in [0.05, 0.1) is 11.3 Å². The molecule has 0 bridgehead atoms. The van der Waals surface area contributed by atoms with Crippen LogP contribution < -0.4 is 10.7 Å². The van der Waals surface area contributed by atoms with Crippen LogP contribution in [-0.4, -0.2) is 22.0 Å². The summed E-state index contributed by atoms with van der Waals surface area (Å²) in [5.74, 6) is -1.86. The van der Waals surface area contributed by atoms with Gasteiger partial charge < -0.3 is 15.4 Å². The largest absolute Gasteiger partial charge is 0.478 e. The van der Waals surface area contributed by atoms with E-state index in [2.05, 4.69) is 26.2 Å². The topological polar surface area (TPSA) is 99.3 Å². The van der Waals surface area contributed by atoms with Gasteiger partial charge in [-0.1, -0.05) is 6.07 Å². The second kappa shape index (κ2) is 5.70. The smallest absolute Gasteiger partial charge is 0.337 e. The summed E-state index contributed by atoms with van der Waals surface area (Å²) in [6.45, 7) is 0.